The summed E-state index contributed by atoms with van der Waals surface area (Å²) < 4.78 is 5.55. The Morgan fingerprint density at radius 3 is 2.81 bits per heavy atom. The summed E-state index contributed by atoms with van der Waals surface area (Å²) in [6, 6.07) is 13.3. The number of H-pyrrole nitrogens is 1. The van der Waals surface area contributed by atoms with Gasteiger partial charge in [0.05, 0.1) is 12.3 Å². The van der Waals surface area contributed by atoms with Gasteiger partial charge in [-0.25, -0.2) is 4.98 Å². The zero-order valence-electron chi connectivity index (χ0n) is 15.1. The van der Waals surface area contributed by atoms with Crippen molar-refractivity contribution in [2.75, 3.05) is 26.3 Å². The first kappa shape index (κ1) is 17.6. The molecule has 1 fully saturated rings. The molecule has 0 amide bonds. The van der Waals surface area contributed by atoms with Crippen LogP contribution >= 0.6 is 0 Å². The molecule has 0 saturated carbocycles. The van der Waals surface area contributed by atoms with Crippen LogP contribution < -0.4 is 5.56 Å². The van der Waals surface area contributed by atoms with Crippen LogP contribution in [0.5, 0.6) is 0 Å². The number of nitrogens with one attached hydrogen (secondary N) is 1. The Balaban J connectivity index is 1.69. The lowest BCUT2D eigenvalue weighted by atomic mass is 10.1. The summed E-state index contributed by atoms with van der Waals surface area (Å²) in [7, 11) is 0. The first-order chi connectivity index (χ1) is 13.3. The van der Waals surface area contributed by atoms with E-state index in [1.807, 2.05) is 30.3 Å². The first-order valence-electron chi connectivity index (χ1n) is 9.20. The Kier molecular flexibility index (Phi) is 5.37. The summed E-state index contributed by atoms with van der Waals surface area (Å²) in [5, 5.41) is 0. The van der Waals surface area contributed by atoms with Gasteiger partial charge in [-0.05, 0) is 24.1 Å². The van der Waals surface area contributed by atoms with E-state index in [0.717, 1.165) is 56.0 Å². The monoisotopic (exact) mass is 362 g/mol. The zero-order chi connectivity index (χ0) is 18.5. The van der Waals surface area contributed by atoms with Crippen LogP contribution in [0.1, 0.15) is 12.0 Å². The first-order valence-corrected chi connectivity index (χ1v) is 9.20. The molecule has 4 rings (SSSR count). The molecule has 0 radical (unpaired) electrons. The number of aromatic nitrogens is 3. The third-order valence-corrected chi connectivity index (χ3v) is 4.70. The number of nitrogens with zero attached hydrogens (tertiary/aromatic N) is 3. The molecule has 27 heavy (non-hydrogen) atoms. The Bertz CT molecular complexity index is 948. The molecule has 0 bridgehead atoms. The average Bonchev–Trinajstić information content (AvgIpc) is 2.97. The van der Waals surface area contributed by atoms with Crippen LogP contribution in [-0.2, 0) is 11.3 Å². The van der Waals surface area contributed by atoms with Gasteiger partial charge in [-0.15, -0.1) is 0 Å². The summed E-state index contributed by atoms with van der Waals surface area (Å²) in [5.74, 6) is 0.594. The minimum atomic E-state index is -0.162. The van der Waals surface area contributed by atoms with Crippen molar-refractivity contribution in [2.24, 2.45) is 0 Å². The van der Waals surface area contributed by atoms with Crippen molar-refractivity contribution in [3.63, 3.8) is 0 Å². The van der Waals surface area contributed by atoms with Crippen LogP contribution in [0.25, 0.3) is 22.6 Å². The van der Waals surface area contributed by atoms with E-state index < -0.39 is 0 Å². The number of hydrogen-bond donors (Lipinski definition) is 1. The fourth-order valence-electron chi connectivity index (χ4n) is 3.34. The van der Waals surface area contributed by atoms with Crippen molar-refractivity contribution < 1.29 is 4.74 Å². The smallest absolute Gasteiger partial charge is 0.251 e. The fourth-order valence-corrected chi connectivity index (χ4v) is 3.34. The molecule has 1 aromatic carbocycles. The van der Waals surface area contributed by atoms with Gasteiger partial charge in [0.25, 0.3) is 5.56 Å². The zero-order valence-corrected chi connectivity index (χ0v) is 15.1. The Morgan fingerprint density at radius 1 is 1.07 bits per heavy atom. The summed E-state index contributed by atoms with van der Waals surface area (Å²) >= 11 is 0. The van der Waals surface area contributed by atoms with Crippen LogP contribution in [0.4, 0.5) is 0 Å². The standard InChI is InChI=1S/C21H22N4O2/c26-20-14-19(16-6-8-22-9-7-16)23-21(24-20)18-5-2-1-4-17(18)15-25-10-3-12-27-13-11-25/h1-2,4-9,14H,3,10-13,15H2,(H,23,24,26). The van der Waals surface area contributed by atoms with E-state index in [4.69, 9.17) is 9.72 Å². The molecule has 2 aromatic heterocycles. The van der Waals surface area contributed by atoms with Crippen molar-refractivity contribution in [3.05, 3.63) is 70.8 Å². The maximum absolute atomic E-state index is 12.3. The molecule has 3 heterocycles. The normalized spacial score (nSPS) is 15.4. The van der Waals surface area contributed by atoms with E-state index in [2.05, 4.69) is 20.9 Å². The van der Waals surface area contributed by atoms with Crippen molar-refractivity contribution in [3.8, 4) is 22.6 Å². The molecule has 1 N–H and O–H groups in total. The molecule has 6 heteroatoms. The Hall–Kier alpha value is -2.83. The molecule has 0 spiro atoms. The van der Waals surface area contributed by atoms with Crippen molar-refractivity contribution in [1.29, 1.82) is 0 Å². The second kappa shape index (κ2) is 8.24. The van der Waals surface area contributed by atoms with E-state index in [1.54, 1.807) is 12.4 Å². The molecule has 138 valence electrons. The van der Waals surface area contributed by atoms with Crippen LogP contribution in [0.3, 0.4) is 0 Å². The highest BCUT2D eigenvalue weighted by Crippen LogP contribution is 2.23. The quantitative estimate of drug-likeness (QED) is 0.773. The highest BCUT2D eigenvalue weighted by molar-refractivity contribution is 5.65. The molecular weight excluding hydrogens is 340 g/mol. The predicted octanol–water partition coefficient (Wildman–Crippen LogP) is 2.72. The van der Waals surface area contributed by atoms with Gasteiger partial charge in [-0.2, -0.15) is 0 Å². The third kappa shape index (κ3) is 4.30. The van der Waals surface area contributed by atoms with Crippen LogP contribution in [0, 0.1) is 0 Å². The topological polar surface area (TPSA) is 71.1 Å². The maximum atomic E-state index is 12.3. The molecule has 0 atom stereocenters. The SMILES string of the molecule is O=c1cc(-c2ccncc2)nc(-c2ccccc2CN2CCCOCC2)[nH]1. The van der Waals surface area contributed by atoms with Gasteiger partial charge in [-0.3, -0.25) is 14.7 Å². The van der Waals surface area contributed by atoms with Crippen molar-refractivity contribution in [2.45, 2.75) is 13.0 Å². The van der Waals surface area contributed by atoms with E-state index in [-0.39, 0.29) is 5.56 Å². The molecule has 3 aromatic rings. The molecule has 1 aliphatic rings. The average molecular weight is 362 g/mol. The minimum absolute atomic E-state index is 0.162. The van der Waals surface area contributed by atoms with Crippen LogP contribution in [0.15, 0.2) is 59.7 Å². The number of rotatable bonds is 4. The summed E-state index contributed by atoms with van der Waals surface area (Å²) in [4.78, 5) is 26.3. The second-order valence-corrected chi connectivity index (χ2v) is 6.61. The lowest BCUT2D eigenvalue weighted by Crippen LogP contribution is -2.26. The fraction of sp³-hybridized carbons (Fsp3) is 0.286. The molecular formula is C21H22N4O2. The van der Waals surface area contributed by atoms with E-state index in [0.29, 0.717) is 11.5 Å². The van der Waals surface area contributed by atoms with Gasteiger partial charge < -0.3 is 9.72 Å². The van der Waals surface area contributed by atoms with Gasteiger partial charge in [-0.1, -0.05) is 24.3 Å². The highest BCUT2D eigenvalue weighted by Gasteiger charge is 2.14. The lowest BCUT2D eigenvalue weighted by molar-refractivity contribution is 0.140. The highest BCUT2D eigenvalue weighted by atomic mass is 16.5. The van der Waals surface area contributed by atoms with Gasteiger partial charge in [0.15, 0.2) is 0 Å². The summed E-state index contributed by atoms with van der Waals surface area (Å²) in [6.45, 7) is 4.31. The molecule has 1 aliphatic heterocycles. The number of benzene rings is 1. The number of aromatic amines is 1. The second-order valence-electron chi connectivity index (χ2n) is 6.61. The van der Waals surface area contributed by atoms with Crippen molar-refractivity contribution in [1.82, 2.24) is 19.9 Å². The largest absolute Gasteiger partial charge is 0.380 e. The van der Waals surface area contributed by atoms with Gasteiger partial charge in [0.1, 0.15) is 5.82 Å². The number of ether oxygens (including phenoxy) is 1. The van der Waals surface area contributed by atoms with Crippen LogP contribution in [-0.4, -0.2) is 46.2 Å². The number of pyridine rings is 1. The minimum Gasteiger partial charge on any atom is -0.380 e. The van der Waals surface area contributed by atoms with E-state index >= 15 is 0 Å². The molecule has 0 unspecified atom stereocenters. The third-order valence-electron chi connectivity index (χ3n) is 4.70. The van der Waals surface area contributed by atoms with E-state index in [1.165, 1.54) is 6.07 Å². The van der Waals surface area contributed by atoms with Crippen LogP contribution in [0.2, 0.25) is 0 Å². The molecule has 6 nitrogen and oxygen atoms in total. The number of hydrogen-bond acceptors (Lipinski definition) is 5. The molecule has 0 aliphatic carbocycles. The Morgan fingerprint density at radius 2 is 1.93 bits per heavy atom. The maximum Gasteiger partial charge on any atom is 0.251 e. The van der Waals surface area contributed by atoms with Gasteiger partial charge in [0, 0.05) is 55.8 Å². The summed E-state index contributed by atoms with van der Waals surface area (Å²) in [5.41, 5.74) is 3.46. The van der Waals surface area contributed by atoms with Gasteiger partial charge in [0.2, 0.25) is 0 Å². The van der Waals surface area contributed by atoms with Gasteiger partial charge >= 0.3 is 0 Å². The predicted molar refractivity (Wildman–Crippen MR) is 104 cm³/mol. The van der Waals surface area contributed by atoms with E-state index in [9.17, 15) is 4.79 Å². The Labute approximate surface area is 157 Å². The summed E-state index contributed by atoms with van der Waals surface area (Å²) in [6.07, 6.45) is 4.44. The van der Waals surface area contributed by atoms with Crippen molar-refractivity contribution >= 4 is 0 Å². The lowest BCUT2D eigenvalue weighted by Gasteiger charge is -2.20. The molecule has 1 saturated heterocycles.